The lowest BCUT2D eigenvalue weighted by Gasteiger charge is -2.41. The molecular weight excluding hydrogens is 277 g/mol. The molecule has 0 radical (unpaired) electrons. The van der Waals surface area contributed by atoms with Crippen LogP contribution in [-0.2, 0) is 12.5 Å². The fourth-order valence-electron chi connectivity index (χ4n) is 3.16. The summed E-state index contributed by atoms with van der Waals surface area (Å²) in [7, 11) is 0. The summed E-state index contributed by atoms with van der Waals surface area (Å²) in [5, 5.41) is 0.832. The maximum Gasteiger partial charge on any atom is 0.346 e. The molecular formula is C16H19F3N2. The molecule has 1 N–H and O–H groups in total. The summed E-state index contributed by atoms with van der Waals surface area (Å²) < 4.78 is 43.5. The van der Waals surface area contributed by atoms with Gasteiger partial charge in [-0.25, -0.2) is 9.29 Å². The number of aromatic nitrogens is 1. The number of nitrogens with zero attached hydrogens (tertiary/aromatic N) is 1. The van der Waals surface area contributed by atoms with Crippen molar-refractivity contribution in [3.8, 4) is 0 Å². The minimum absolute atomic E-state index is 0.0916. The zero-order valence-electron chi connectivity index (χ0n) is 12.4. The molecule has 0 saturated heterocycles. The minimum atomic E-state index is -3.19. The minimum Gasteiger partial charge on any atom is -0.352 e. The number of aromatic amines is 1. The highest BCUT2D eigenvalue weighted by atomic mass is 19.3. The maximum atomic E-state index is 14.8. The molecule has 1 aromatic carbocycles. The van der Waals surface area contributed by atoms with Crippen molar-refractivity contribution in [2.75, 3.05) is 6.54 Å². The molecule has 0 bridgehead atoms. The number of fused-ring (bicyclic) bond motifs is 3. The van der Waals surface area contributed by atoms with Crippen molar-refractivity contribution < 1.29 is 13.2 Å². The third-order valence-corrected chi connectivity index (χ3v) is 4.05. The molecule has 114 valence electrons. The molecule has 2 heterocycles. The smallest absolute Gasteiger partial charge is 0.346 e. The summed E-state index contributed by atoms with van der Waals surface area (Å²) in [5.41, 5.74) is -0.404. The van der Waals surface area contributed by atoms with Crippen LogP contribution in [0.2, 0.25) is 0 Å². The Labute approximate surface area is 121 Å². The van der Waals surface area contributed by atoms with Crippen molar-refractivity contribution in [1.82, 2.24) is 9.88 Å². The third-order valence-electron chi connectivity index (χ3n) is 4.05. The van der Waals surface area contributed by atoms with Gasteiger partial charge in [-0.05, 0) is 38.8 Å². The van der Waals surface area contributed by atoms with Crippen LogP contribution < -0.4 is 0 Å². The number of H-pyrrole nitrogens is 1. The Kier molecular flexibility index (Phi) is 3.10. The van der Waals surface area contributed by atoms with Gasteiger partial charge in [-0.3, -0.25) is 0 Å². The van der Waals surface area contributed by atoms with Gasteiger partial charge in [-0.15, -0.1) is 0 Å². The Balaban J connectivity index is 2.12. The van der Waals surface area contributed by atoms with Crippen LogP contribution in [0.15, 0.2) is 24.3 Å². The first kappa shape index (κ1) is 14.4. The van der Waals surface area contributed by atoms with Gasteiger partial charge in [0.2, 0.25) is 0 Å². The van der Waals surface area contributed by atoms with Gasteiger partial charge in [0.25, 0.3) is 0 Å². The van der Waals surface area contributed by atoms with Crippen LogP contribution in [0.4, 0.5) is 13.2 Å². The summed E-state index contributed by atoms with van der Waals surface area (Å²) in [4.78, 5) is 3.79. The van der Waals surface area contributed by atoms with Gasteiger partial charge in [0.15, 0.2) is 0 Å². The molecule has 2 nitrogen and oxygen atoms in total. The second-order valence-corrected chi connectivity index (χ2v) is 6.47. The maximum absolute atomic E-state index is 14.8. The predicted molar refractivity (Wildman–Crippen MR) is 77.3 cm³/mol. The van der Waals surface area contributed by atoms with Crippen molar-refractivity contribution in [2.45, 2.75) is 44.9 Å². The Morgan fingerprint density at radius 1 is 1.33 bits per heavy atom. The lowest BCUT2D eigenvalue weighted by atomic mass is 9.95. The van der Waals surface area contributed by atoms with Gasteiger partial charge in [-0.1, -0.05) is 18.2 Å². The average molecular weight is 296 g/mol. The molecule has 1 unspecified atom stereocenters. The summed E-state index contributed by atoms with van der Waals surface area (Å²) >= 11 is 0. The molecule has 0 spiro atoms. The van der Waals surface area contributed by atoms with Crippen LogP contribution in [-0.4, -0.2) is 28.1 Å². The van der Waals surface area contributed by atoms with Crippen molar-refractivity contribution in [3.63, 3.8) is 0 Å². The van der Waals surface area contributed by atoms with E-state index in [1.807, 2.05) is 18.2 Å². The summed E-state index contributed by atoms with van der Waals surface area (Å²) in [5.74, 6) is 0. The van der Waals surface area contributed by atoms with Crippen LogP contribution in [0.3, 0.4) is 0 Å². The van der Waals surface area contributed by atoms with Crippen molar-refractivity contribution in [1.29, 1.82) is 0 Å². The van der Waals surface area contributed by atoms with E-state index in [1.165, 1.54) is 13.8 Å². The highest BCUT2D eigenvalue weighted by Crippen LogP contribution is 2.44. The first-order valence-corrected chi connectivity index (χ1v) is 7.14. The molecule has 0 amide bonds. The largest absolute Gasteiger partial charge is 0.352 e. The number of nitrogens with one attached hydrogen (secondary N) is 1. The van der Waals surface area contributed by atoms with E-state index in [9.17, 15) is 13.2 Å². The number of alkyl halides is 3. The van der Waals surface area contributed by atoms with Crippen LogP contribution in [0.25, 0.3) is 10.9 Å². The molecule has 0 fully saturated rings. The molecule has 0 saturated carbocycles. The van der Waals surface area contributed by atoms with Crippen LogP contribution in [0.1, 0.15) is 32.0 Å². The number of para-hydroxylation sites is 1. The topological polar surface area (TPSA) is 19.0 Å². The fraction of sp³-hybridized carbons (Fsp3) is 0.500. The Morgan fingerprint density at radius 3 is 2.67 bits per heavy atom. The Hall–Kier alpha value is -1.49. The van der Waals surface area contributed by atoms with Gasteiger partial charge < -0.3 is 4.98 Å². The molecule has 0 aliphatic carbocycles. The molecule has 1 aliphatic heterocycles. The SMILES string of the molecule is CC1Cc2c([nH]c3ccccc23)C(F)(F)N1CC(C)(C)F. The summed E-state index contributed by atoms with van der Waals surface area (Å²) in [6.45, 7) is 4.09. The number of hydrogen-bond acceptors (Lipinski definition) is 1. The van der Waals surface area contributed by atoms with Gasteiger partial charge in [0, 0.05) is 23.5 Å². The van der Waals surface area contributed by atoms with Crippen molar-refractivity contribution in [3.05, 3.63) is 35.5 Å². The van der Waals surface area contributed by atoms with Gasteiger partial charge in [-0.2, -0.15) is 8.78 Å². The molecule has 2 aromatic rings. The molecule has 1 aliphatic rings. The van der Waals surface area contributed by atoms with E-state index in [4.69, 9.17) is 0 Å². The van der Waals surface area contributed by atoms with Crippen LogP contribution >= 0.6 is 0 Å². The molecule has 1 atom stereocenters. The van der Waals surface area contributed by atoms with Gasteiger partial charge in [0.1, 0.15) is 11.4 Å². The van der Waals surface area contributed by atoms with E-state index in [2.05, 4.69) is 4.98 Å². The average Bonchev–Trinajstić information content (AvgIpc) is 2.74. The van der Waals surface area contributed by atoms with Crippen LogP contribution in [0.5, 0.6) is 0 Å². The van der Waals surface area contributed by atoms with Crippen LogP contribution in [0, 0.1) is 0 Å². The second-order valence-electron chi connectivity index (χ2n) is 6.47. The molecule has 21 heavy (non-hydrogen) atoms. The standard InChI is InChI=1S/C16H19F3N2/c1-10-8-12-11-6-4-5-7-13(11)20-14(12)16(18,19)21(10)9-15(2,3)17/h4-7,10,20H,8-9H2,1-3H3. The van der Waals surface area contributed by atoms with E-state index in [0.717, 1.165) is 10.3 Å². The monoisotopic (exact) mass is 296 g/mol. The first-order chi connectivity index (χ1) is 9.70. The molecule has 5 heteroatoms. The fourth-order valence-corrected chi connectivity index (χ4v) is 3.16. The zero-order chi connectivity index (χ0) is 15.4. The summed E-state index contributed by atoms with van der Waals surface area (Å²) in [6, 6.07) is 3.70. The lowest BCUT2D eigenvalue weighted by molar-refractivity contribution is -0.192. The van der Waals surface area contributed by atoms with Crippen molar-refractivity contribution in [2.24, 2.45) is 0 Å². The van der Waals surface area contributed by atoms with Gasteiger partial charge >= 0.3 is 6.05 Å². The predicted octanol–water partition coefficient (Wildman–Crippen LogP) is 4.21. The summed E-state index contributed by atoms with van der Waals surface area (Å²) in [6.07, 6.45) is 0.491. The number of rotatable bonds is 2. The zero-order valence-corrected chi connectivity index (χ0v) is 12.4. The normalized spacial score (nSPS) is 22.5. The Morgan fingerprint density at radius 2 is 2.00 bits per heavy atom. The highest BCUT2D eigenvalue weighted by Gasteiger charge is 2.50. The number of hydrogen-bond donors (Lipinski definition) is 1. The van der Waals surface area contributed by atoms with E-state index >= 15 is 0 Å². The molecule has 3 rings (SSSR count). The lowest BCUT2D eigenvalue weighted by Crippen LogP contribution is -2.53. The van der Waals surface area contributed by atoms with Gasteiger partial charge in [0.05, 0.1) is 0 Å². The second kappa shape index (κ2) is 4.50. The van der Waals surface area contributed by atoms with E-state index in [0.29, 0.717) is 17.5 Å². The van der Waals surface area contributed by atoms with E-state index in [-0.39, 0.29) is 12.2 Å². The van der Waals surface area contributed by atoms with E-state index in [1.54, 1.807) is 13.0 Å². The van der Waals surface area contributed by atoms with E-state index < -0.39 is 17.8 Å². The third kappa shape index (κ3) is 2.33. The highest BCUT2D eigenvalue weighted by molar-refractivity contribution is 5.85. The first-order valence-electron chi connectivity index (χ1n) is 7.14. The Bertz CT molecular complexity index is 670. The number of halogens is 3. The van der Waals surface area contributed by atoms with Crippen molar-refractivity contribution >= 4 is 10.9 Å². The number of benzene rings is 1. The quantitative estimate of drug-likeness (QED) is 0.822. The molecule has 1 aromatic heterocycles.